The third-order valence-corrected chi connectivity index (χ3v) is 2.56. The van der Waals surface area contributed by atoms with Gasteiger partial charge in [0.05, 0.1) is 0 Å². The van der Waals surface area contributed by atoms with E-state index >= 15 is 0 Å². The lowest BCUT2D eigenvalue weighted by Gasteiger charge is -2.10. The smallest absolute Gasteiger partial charge is 0.157 e. The van der Waals surface area contributed by atoms with Crippen molar-refractivity contribution in [1.29, 1.82) is 0 Å². The van der Waals surface area contributed by atoms with Crippen LogP contribution in [0, 0.1) is 6.92 Å². The van der Waals surface area contributed by atoms with Crippen LogP contribution in [0.4, 0.5) is 0 Å². The van der Waals surface area contributed by atoms with Crippen molar-refractivity contribution in [2.45, 2.75) is 19.4 Å². The molecule has 0 spiro atoms. The highest BCUT2D eigenvalue weighted by Crippen LogP contribution is 2.16. The van der Waals surface area contributed by atoms with Crippen molar-refractivity contribution in [2.75, 3.05) is 0 Å². The number of benzene rings is 1. The van der Waals surface area contributed by atoms with E-state index in [0.717, 1.165) is 5.56 Å². The van der Waals surface area contributed by atoms with Gasteiger partial charge in [0.25, 0.3) is 0 Å². The maximum absolute atomic E-state index is 9.97. The molecule has 3 nitrogen and oxygen atoms in total. The summed E-state index contributed by atoms with van der Waals surface area (Å²) in [6.45, 7) is 2.04. The van der Waals surface area contributed by atoms with Gasteiger partial charge in [0.15, 0.2) is 5.82 Å². The summed E-state index contributed by atoms with van der Waals surface area (Å²) in [5.74, 6) is 0.478. The standard InChI is InChI=1S/C13H14N2O/c1-10-5-2-3-6-11(10)9-12(16)13-14-7-4-8-15-13/h2-8,12,16H,9H2,1H3. The molecule has 0 aliphatic rings. The number of aromatic nitrogens is 2. The number of hydrogen-bond acceptors (Lipinski definition) is 3. The second kappa shape index (κ2) is 4.86. The number of nitrogens with zero attached hydrogens (tertiary/aromatic N) is 2. The second-order valence-corrected chi connectivity index (χ2v) is 3.75. The van der Waals surface area contributed by atoms with Crippen LogP contribution in [0.3, 0.4) is 0 Å². The molecular formula is C13H14N2O. The Bertz CT molecular complexity index is 456. The Morgan fingerprint density at radius 1 is 1.12 bits per heavy atom. The molecule has 1 atom stereocenters. The Morgan fingerprint density at radius 3 is 2.50 bits per heavy atom. The molecule has 0 aliphatic carbocycles. The number of aliphatic hydroxyl groups excluding tert-OH is 1. The van der Waals surface area contributed by atoms with Crippen molar-refractivity contribution in [1.82, 2.24) is 9.97 Å². The lowest BCUT2D eigenvalue weighted by Crippen LogP contribution is -2.07. The summed E-state index contributed by atoms with van der Waals surface area (Å²) in [5.41, 5.74) is 2.31. The zero-order valence-corrected chi connectivity index (χ0v) is 9.17. The van der Waals surface area contributed by atoms with Crippen molar-refractivity contribution in [3.63, 3.8) is 0 Å². The van der Waals surface area contributed by atoms with Crippen LogP contribution in [0.5, 0.6) is 0 Å². The molecule has 0 amide bonds. The fraction of sp³-hybridized carbons (Fsp3) is 0.231. The average Bonchev–Trinajstić information content (AvgIpc) is 2.33. The molecule has 2 rings (SSSR count). The highest BCUT2D eigenvalue weighted by molar-refractivity contribution is 5.26. The summed E-state index contributed by atoms with van der Waals surface area (Å²) < 4.78 is 0. The van der Waals surface area contributed by atoms with Crippen LogP contribution in [0.1, 0.15) is 23.1 Å². The van der Waals surface area contributed by atoms with Gasteiger partial charge in [-0.3, -0.25) is 0 Å². The van der Waals surface area contributed by atoms with E-state index in [2.05, 4.69) is 9.97 Å². The van der Waals surface area contributed by atoms with Crippen LogP contribution in [0.15, 0.2) is 42.7 Å². The third-order valence-electron chi connectivity index (χ3n) is 2.56. The second-order valence-electron chi connectivity index (χ2n) is 3.75. The summed E-state index contributed by atoms with van der Waals surface area (Å²) in [6, 6.07) is 9.75. The third kappa shape index (κ3) is 2.44. The van der Waals surface area contributed by atoms with Gasteiger partial charge in [-0.25, -0.2) is 9.97 Å². The topological polar surface area (TPSA) is 46.0 Å². The van der Waals surface area contributed by atoms with Gasteiger partial charge < -0.3 is 5.11 Å². The van der Waals surface area contributed by atoms with Gasteiger partial charge in [0.1, 0.15) is 6.10 Å². The molecule has 0 saturated heterocycles. The van der Waals surface area contributed by atoms with Crippen molar-refractivity contribution in [3.8, 4) is 0 Å². The Labute approximate surface area is 94.8 Å². The lowest BCUT2D eigenvalue weighted by atomic mass is 10.0. The van der Waals surface area contributed by atoms with E-state index in [4.69, 9.17) is 0 Å². The van der Waals surface area contributed by atoms with Gasteiger partial charge in [-0.05, 0) is 24.1 Å². The molecule has 16 heavy (non-hydrogen) atoms. The number of hydrogen-bond donors (Lipinski definition) is 1. The van der Waals surface area contributed by atoms with Gasteiger partial charge in [-0.2, -0.15) is 0 Å². The van der Waals surface area contributed by atoms with Crippen LogP contribution in [-0.2, 0) is 6.42 Å². The predicted octanol–water partition coefficient (Wildman–Crippen LogP) is 2.06. The van der Waals surface area contributed by atoms with E-state index in [1.165, 1.54) is 5.56 Å². The number of aliphatic hydroxyl groups is 1. The fourth-order valence-electron chi connectivity index (χ4n) is 1.62. The normalized spacial score (nSPS) is 12.4. The van der Waals surface area contributed by atoms with E-state index < -0.39 is 6.10 Å². The Morgan fingerprint density at radius 2 is 1.81 bits per heavy atom. The molecule has 1 aromatic carbocycles. The van der Waals surface area contributed by atoms with Crippen LogP contribution in [0.25, 0.3) is 0 Å². The van der Waals surface area contributed by atoms with Gasteiger partial charge in [-0.1, -0.05) is 24.3 Å². The first-order valence-corrected chi connectivity index (χ1v) is 5.27. The predicted molar refractivity (Wildman–Crippen MR) is 61.9 cm³/mol. The highest BCUT2D eigenvalue weighted by atomic mass is 16.3. The first-order chi connectivity index (χ1) is 7.77. The van der Waals surface area contributed by atoms with E-state index in [9.17, 15) is 5.11 Å². The minimum atomic E-state index is -0.637. The molecule has 1 N–H and O–H groups in total. The number of aryl methyl sites for hydroxylation is 1. The molecular weight excluding hydrogens is 200 g/mol. The van der Waals surface area contributed by atoms with Crippen molar-refractivity contribution < 1.29 is 5.11 Å². The number of rotatable bonds is 3. The lowest BCUT2D eigenvalue weighted by molar-refractivity contribution is 0.168. The highest BCUT2D eigenvalue weighted by Gasteiger charge is 2.11. The average molecular weight is 214 g/mol. The van der Waals surface area contributed by atoms with Crippen LogP contribution >= 0.6 is 0 Å². The Kier molecular flexibility index (Phi) is 3.27. The van der Waals surface area contributed by atoms with E-state index in [-0.39, 0.29) is 0 Å². The molecule has 0 aliphatic heterocycles. The Balaban J connectivity index is 2.14. The van der Waals surface area contributed by atoms with Crippen molar-refractivity contribution >= 4 is 0 Å². The van der Waals surface area contributed by atoms with Gasteiger partial charge in [0.2, 0.25) is 0 Å². The molecule has 0 bridgehead atoms. The van der Waals surface area contributed by atoms with Crippen LogP contribution in [-0.4, -0.2) is 15.1 Å². The summed E-state index contributed by atoms with van der Waals surface area (Å²) in [6.07, 6.45) is 3.20. The molecule has 2 aromatic rings. The first-order valence-electron chi connectivity index (χ1n) is 5.27. The van der Waals surface area contributed by atoms with Crippen LogP contribution in [0.2, 0.25) is 0 Å². The zero-order valence-electron chi connectivity index (χ0n) is 9.17. The largest absolute Gasteiger partial charge is 0.385 e. The maximum atomic E-state index is 9.97. The van der Waals surface area contributed by atoms with E-state index in [0.29, 0.717) is 12.2 Å². The zero-order chi connectivity index (χ0) is 11.4. The van der Waals surface area contributed by atoms with Gasteiger partial charge in [-0.15, -0.1) is 0 Å². The molecule has 1 unspecified atom stereocenters. The molecule has 1 heterocycles. The molecule has 0 saturated carbocycles. The van der Waals surface area contributed by atoms with Gasteiger partial charge >= 0.3 is 0 Å². The summed E-state index contributed by atoms with van der Waals surface area (Å²) in [7, 11) is 0. The Hall–Kier alpha value is -1.74. The van der Waals surface area contributed by atoms with Crippen molar-refractivity contribution in [3.05, 3.63) is 59.7 Å². The van der Waals surface area contributed by atoms with Crippen LogP contribution < -0.4 is 0 Å². The van der Waals surface area contributed by atoms with Crippen molar-refractivity contribution in [2.24, 2.45) is 0 Å². The molecule has 0 fully saturated rings. The monoisotopic (exact) mass is 214 g/mol. The first kappa shape index (κ1) is 10.8. The van der Waals surface area contributed by atoms with E-state index in [1.807, 2.05) is 31.2 Å². The summed E-state index contributed by atoms with van der Waals surface area (Å²) >= 11 is 0. The maximum Gasteiger partial charge on any atom is 0.157 e. The quantitative estimate of drug-likeness (QED) is 0.850. The molecule has 3 heteroatoms. The SMILES string of the molecule is Cc1ccccc1CC(O)c1ncccn1. The molecule has 0 radical (unpaired) electrons. The summed E-state index contributed by atoms with van der Waals surface area (Å²) in [4.78, 5) is 8.09. The molecule has 1 aromatic heterocycles. The van der Waals surface area contributed by atoms with E-state index in [1.54, 1.807) is 18.5 Å². The minimum absolute atomic E-state index is 0.478. The summed E-state index contributed by atoms with van der Waals surface area (Å²) in [5, 5.41) is 9.97. The molecule has 82 valence electrons. The fourth-order valence-corrected chi connectivity index (χ4v) is 1.62. The minimum Gasteiger partial charge on any atom is -0.385 e. The van der Waals surface area contributed by atoms with Gasteiger partial charge in [0, 0.05) is 18.8 Å².